The molecule has 0 atom stereocenters. The molecule has 0 fully saturated rings. The summed E-state index contributed by atoms with van der Waals surface area (Å²) in [7, 11) is 0. The molecule has 0 aliphatic carbocycles. The molecule has 0 aliphatic heterocycles. The van der Waals surface area contributed by atoms with E-state index in [9.17, 15) is 0 Å². The molecule has 0 saturated heterocycles. The molecule has 0 aliphatic rings. The van der Waals surface area contributed by atoms with E-state index in [4.69, 9.17) is 11.6 Å². The predicted molar refractivity (Wildman–Crippen MR) is 72.5 cm³/mol. The zero-order chi connectivity index (χ0) is 12.3. The highest BCUT2D eigenvalue weighted by molar-refractivity contribution is 6.29. The van der Waals surface area contributed by atoms with Gasteiger partial charge in [-0.25, -0.2) is 4.98 Å². The molecule has 0 spiro atoms. The number of nitrogens with zero attached hydrogens (tertiary/aromatic N) is 1. The summed E-state index contributed by atoms with van der Waals surface area (Å²) < 4.78 is 0. The van der Waals surface area contributed by atoms with Crippen LogP contribution in [0.25, 0.3) is 0 Å². The van der Waals surface area contributed by atoms with Gasteiger partial charge in [-0.1, -0.05) is 41.4 Å². The quantitative estimate of drug-likeness (QED) is 0.829. The van der Waals surface area contributed by atoms with E-state index >= 15 is 0 Å². The second-order valence-corrected chi connectivity index (χ2v) is 4.55. The van der Waals surface area contributed by atoms with Crippen LogP contribution in [-0.2, 0) is 6.54 Å². The van der Waals surface area contributed by atoms with Crippen LogP contribution in [0.1, 0.15) is 16.7 Å². The Balaban J connectivity index is 2.07. The fourth-order valence-corrected chi connectivity index (χ4v) is 1.94. The summed E-state index contributed by atoms with van der Waals surface area (Å²) in [6.07, 6.45) is 1.77. The monoisotopic (exact) mass is 246 g/mol. The van der Waals surface area contributed by atoms with Gasteiger partial charge >= 0.3 is 0 Å². The number of pyridine rings is 1. The number of aryl methyl sites for hydroxylation is 2. The first-order valence-electron chi connectivity index (χ1n) is 5.57. The van der Waals surface area contributed by atoms with E-state index in [0.29, 0.717) is 5.15 Å². The summed E-state index contributed by atoms with van der Waals surface area (Å²) >= 11 is 5.82. The first-order chi connectivity index (χ1) is 8.15. The Bertz CT molecular complexity index is 523. The maximum absolute atomic E-state index is 5.82. The molecule has 17 heavy (non-hydrogen) atoms. The Hall–Kier alpha value is -1.54. The average Bonchev–Trinajstić information content (AvgIpc) is 2.28. The van der Waals surface area contributed by atoms with Crippen molar-refractivity contribution in [2.75, 3.05) is 5.32 Å². The van der Waals surface area contributed by atoms with Crippen molar-refractivity contribution >= 4 is 17.3 Å². The smallest absolute Gasteiger partial charge is 0.129 e. The van der Waals surface area contributed by atoms with E-state index in [2.05, 4.69) is 41.5 Å². The van der Waals surface area contributed by atoms with Gasteiger partial charge in [0.05, 0.1) is 11.9 Å². The van der Waals surface area contributed by atoms with Gasteiger partial charge < -0.3 is 5.32 Å². The van der Waals surface area contributed by atoms with Gasteiger partial charge in [-0.3, -0.25) is 0 Å². The lowest BCUT2D eigenvalue weighted by molar-refractivity contribution is 1.12. The minimum absolute atomic E-state index is 0.531. The number of hydrogen-bond donors (Lipinski definition) is 1. The molecular weight excluding hydrogens is 232 g/mol. The minimum atomic E-state index is 0.531. The summed E-state index contributed by atoms with van der Waals surface area (Å²) in [4.78, 5) is 4.07. The van der Waals surface area contributed by atoms with Crippen LogP contribution in [0.3, 0.4) is 0 Å². The minimum Gasteiger partial charge on any atom is -0.380 e. The van der Waals surface area contributed by atoms with Gasteiger partial charge in [0.15, 0.2) is 0 Å². The van der Waals surface area contributed by atoms with Crippen LogP contribution in [0.15, 0.2) is 36.5 Å². The summed E-state index contributed by atoms with van der Waals surface area (Å²) in [6, 6.07) is 10.3. The predicted octanol–water partition coefficient (Wildman–Crippen LogP) is 3.96. The summed E-state index contributed by atoms with van der Waals surface area (Å²) in [6.45, 7) is 4.91. The van der Waals surface area contributed by atoms with Crippen LogP contribution in [-0.4, -0.2) is 4.98 Å². The lowest BCUT2D eigenvalue weighted by Gasteiger charge is -2.09. The second-order valence-electron chi connectivity index (χ2n) is 4.16. The molecule has 1 aromatic carbocycles. The lowest BCUT2D eigenvalue weighted by Crippen LogP contribution is -2.01. The van der Waals surface area contributed by atoms with Gasteiger partial charge in [-0.05, 0) is 31.0 Å². The van der Waals surface area contributed by atoms with E-state index in [-0.39, 0.29) is 0 Å². The van der Waals surface area contributed by atoms with Gasteiger partial charge in [0.1, 0.15) is 5.15 Å². The Morgan fingerprint density at radius 2 is 2.06 bits per heavy atom. The van der Waals surface area contributed by atoms with Gasteiger partial charge in [0.2, 0.25) is 0 Å². The number of halogens is 1. The van der Waals surface area contributed by atoms with Crippen LogP contribution in [0.5, 0.6) is 0 Å². The summed E-state index contributed by atoms with van der Waals surface area (Å²) in [5.74, 6) is 0. The average molecular weight is 247 g/mol. The highest BCUT2D eigenvalue weighted by Crippen LogP contribution is 2.17. The summed E-state index contributed by atoms with van der Waals surface area (Å²) in [5.41, 5.74) is 4.67. The van der Waals surface area contributed by atoms with E-state index in [1.807, 2.05) is 13.0 Å². The SMILES string of the molecule is Cc1cccc(CNc2cnc(Cl)cc2C)c1. The van der Waals surface area contributed by atoms with Crippen LogP contribution in [0, 0.1) is 13.8 Å². The molecule has 2 nitrogen and oxygen atoms in total. The number of nitrogens with one attached hydrogen (secondary N) is 1. The zero-order valence-electron chi connectivity index (χ0n) is 10.00. The zero-order valence-corrected chi connectivity index (χ0v) is 10.8. The van der Waals surface area contributed by atoms with Gasteiger partial charge in [-0.15, -0.1) is 0 Å². The van der Waals surface area contributed by atoms with Crippen LogP contribution >= 0.6 is 11.6 Å². The molecule has 0 unspecified atom stereocenters. The third-order valence-electron chi connectivity index (χ3n) is 2.64. The standard InChI is InChI=1S/C14H15ClN2/c1-10-4-3-5-12(6-10)8-16-13-9-17-14(15)7-11(13)2/h3-7,9,16H,8H2,1-2H3. The molecule has 0 bridgehead atoms. The third kappa shape index (κ3) is 3.21. The number of rotatable bonds is 3. The van der Waals surface area contributed by atoms with Crippen LogP contribution in [0.4, 0.5) is 5.69 Å². The van der Waals surface area contributed by atoms with Crippen molar-refractivity contribution < 1.29 is 0 Å². The molecule has 3 heteroatoms. The first kappa shape index (κ1) is 11.9. The normalized spacial score (nSPS) is 10.3. The molecule has 2 rings (SSSR count). The van der Waals surface area contributed by atoms with Gasteiger partial charge in [0, 0.05) is 6.54 Å². The molecule has 2 aromatic rings. The molecular formula is C14H15ClN2. The fourth-order valence-electron chi connectivity index (χ4n) is 1.73. The van der Waals surface area contributed by atoms with Crippen LogP contribution in [0.2, 0.25) is 5.15 Å². The Labute approximate surface area is 107 Å². The highest BCUT2D eigenvalue weighted by atomic mass is 35.5. The van der Waals surface area contributed by atoms with Crippen molar-refractivity contribution in [2.24, 2.45) is 0 Å². The number of benzene rings is 1. The maximum atomic E-state index is 5.82. The number of aromatic nitrogens is 1. The Morgan fingerprint density at radius 3 is 2.76 bits per heavy atom. The highest BCUT2D eigenvalue weighted by Gasteiger charge is 2.00. The van der Waals surface area contributed by atoms with E-state index in [1.54, 1.807) is 6.20 Å². The molecule has 1 N–H and O–H groups in total. The molecule has 0 amide bonds. The van der Waals surface area contributed by atoms with Gasteiger partial charge in [0.25, 0.3) is 0 Å². The molecule has 0 saturated carbocycles. The number of hydrogen-bond acceptors (Lipinski definition) is 2. The van der Waals surface area contributed by atoms with Gasteiger partial charge in [-0.2, -0.15) is 0 Å². The van der Waals surface area contributed by atoms with E-state index < -0.39 is 0 Å². The molecule has 0 radical (unpaired) electrons. The van der Waals surface area contributed by atoms with Crippen molar-refractivity contribution in [2.45, 2.75) is 20.4 Å². The van der Waals surface area contributed by atoms with Crippen molar-refractivity contribution in [3.63, 3.8) is 0 Å². The maximum Gasteiger partial charge on any atom is 0.129 e. The largest absolute Gasteiger partial charge is 0.380 e. The number of anilines is 1. The second kappa shape index (κ2) is 5.19. The molecule has 1 heterocycles. The van der Waals surface area contributed by atoms with Crippen molar-refractivity contribution in [1.82, 2.24) is 4.98 Å². The van der Waals surface area contributed by atoms with Crippen molar-refractivity contribution in [3.05, 3.63) is 58.4 Å². The molecule has 1 aromatic heterocycles. The summed E-state index contributed by atoms with van der Waals surface area (Å²) in [5, 5.41) is 3.89. The lowest BCUT2D eigenvalue weighted by atomic mass is 10.1. The van der Waals surface area contributed by atoms with E-state index in [1.165, 1.54) is 11.1 Å². The van der Waals surface area contributed by atoms with Crippen molar-refractivity contribution in [1.29, 1.82) is 0 Å². The third-order valence-corrected chi connectivity index (χ3v) is 2.85. The first-order valence-corrected chi connectivity index (χ1v) is 5.94. The fraction of sp³-hybridized carbons (Fsp3) is 0.214. The molecule has 88 valence electrons. The van der Waals surface area contributed by atoms with Crippen molar-refractivity contribution in [3.8, 4) is 0 Å². The Morgan fingerprint density at radius 1 is 1.24 bits per heavy atom. The Kier molecular flexibility index (Phi) is 3.64. The topological polar surface area (TPSA) is 24.9 Å². The van der Waals surface area contributed by atoms with Crippen LogP contribution < -0.4 is 5.32 Å². The van der Waals surface area contributed by atoms with E-state index in [0.717, 1.165) is 17.8 Å².